The smallest absolute Gasteiger partial charge is 0.389 e. The van der Waals surface area contributed by atoms with Crippen LogP contribution in [-0.2, 0) is 6.18 Å². The molecular formula is C25H20F5N7S. The van der Waals surface area contributed by atoms with E-state index in [2.05, 4.69) is 20.6 Å². The van der Waals surface area contributed by atoms with Crippen LogP contribution in [0.25, 0.3) is 32.1 Å². The van der Waals surface area contributed by atoms with Gasteiger partial charge in [0.05, 0.1) is 15.8 Å². The van der Waals surface area contributed by atoms with Crippen LogP contribution in [0.5, 0.6) is 0 Å². The van der Waals surface area contributed by atoms with Gasteiger partial charge in [-0.2, -0.15) is 23.4 Å². The normalized spacial score (nSPS) is 19.3. The zero-order chi connectivity index (χ0) is 26.9. The van der Waals surface area contributed by atoms with Crippen LogP contribution >= 0.6 is 11.3 Å². The lowest BCUT2D eigenvalue weighted by atomic mass is 9.92. The van der Waals surface area contributed by atoms with Gasteiger partial charge in [-0.1, -0.05) is 6.07 Å². The van der Waals surface area contributed by atoms with E-state index in [1.54, 1.807) is 0 Å². The largest absolute Gasteiger partial charge is 0.417 e. The van der Waals surface area contributed by atoms with Crippen LogP contribution in [0.15, 0.2) is 18.2 Å². The summed E-state index contributed by atoms with van der Waals surface area (Å²) < 4.78 is 74.6. The summed E-state index contributed by atoms with van der Waals surface area (Å²) in [5, 5.41) is 15.5. The van der Waals surface area contributed by atoms with Crippen LogP contribution < -0.4 is 21.3 Å². The molecule has 0 amide bonds. The van der Waals surface area contributed by atoms with E-state index in [0.29, 0.717) is 13.1 Å². The first-order valence-electron chi connectivity index (χ1n) is 11.8. The first-order chi connectivity index (χ1) is 18.1. The van der Waals surface area contributed by atoms with Crippen molar-refractivity contribution >= 4 is 49.1 Å². The van der Waals surface area contributed by atoms with Gasteiger partial charge in [-0.05, 0) is 30.5 Å². The number of nitrogens with two attached hydrogens (primary N) is 1. The van der Waals surface area contributed by atoms with Crippen molar-refractivity contribution in [3.05, 3.63) is 41.0 Å². The van der Waals surface area contributed by atoms with Gasteiger partial charge in [-0.3, -0.25) is 0 Å². The molecule has 0 spiro atoms. The molecule has 2 aliphatic rings. The second-order valence-corrected chi connectivity index (χ2v) is 10.5. The molecule has 0 radical (unpaired) electrons. The minimum Gasteiger partial charge on any atom is -0.389 e. The monoisotopic (exact) mass is 545 g/mol. The number of hydrogen-bond donors (Lipinski definition) is 3. The summed E-state index contributed by atoms with van der Waals surface area (Å²) >= 11 is 0.724. The lowest BCUT2D eigenvalue weighted by molar-refractivity contribution is -0.137. The van der Waals surface area contributed by atoms with Gasteiger partial charge in [0, 0.05) is 48.6 Å². The maximum absolute atomic E-state index is 16.4. The number of hydrogen-bond acceptors (Lipinski definition) is 8. The van der Waals surface area contributed by atoms with E-state index in [4.69, 9.17) is 5.73 Å². The molecule has 4 aromatic rings. The molecule has 2 aliphatic heterocycles. The molecule has 196 valence electrons. The molecule has 0 saturated carbocycles. The zero-order valence-electron chi connectivity index (χ0n) is 19.9. The zero-order valence-corrected chi connectivity index (χ0v) is 20.7. The lowest BCUT2D eigenvalue weighted by Crippen LogP contribution is -2.51. The number of halogens is 5. The van der Waals surface area contributed by atoms with Gasteiger partial charge in [0.15, 0.2) is 5.82 Å². The minimum absolute atomic E-state index is 0.0460. The number of fused-ring (bicyclic) bond motifs is 4. The number of benzene rings is 2. The number of nitrogen functional groups attached to an aromatic ring is 1. The van der Waals surface area contributed by atoms with E-state index in [0.717, 1.165) is 42.4 Å². The highest BCUT2D eigenvalue weighted by molar-refractivity contribution is 7.23. The van der Waals surface area contributed by atoms with E-state index in [1.165, 1.54) is 7.05 Å². The molecule has 38 heavy (non-hydrogen) atoms. The SMILES string of the molecule is CNc1nc(N2CC3CCC(C2)N3)c2cc(C(F)(F)F)c(-c3ccc(F)c4sc(N)c(C#N)c34)c(F)c2n1. The fourth-order valence-corrected chi connectivity index (χ4v) is 6.48. The molecule has 7 nitrogen and oxygen atoms in total. The quantitative estimate of drug-likeness (QED) is 0.303. The maximum Gasteiger partial charge on any atom is 0.417 e. The summed E-state index contributed by atoms with van der Waals surface area (Å²) in [4.78, 5) is 10.5. The Hall–Kier alpha value is -3.76. The summed E-state index contributed by atoms with van der Waals surface area (Å²) in [6, 6.07) is 4.97. The Morgan fingerprint density at radius 2 is 1.89 bits per heavy atom. The van der Waals surface area contributed by atoms with Crippen molar-refractivity contribution in [3.8, 4) is 17.2 Å². The Labute approximate surface area is 217 Å². The van der Waals surface area contributed by atoms with E-state index < -0.39 is 28.9 Å². The number of aromatic nitrogens is 2. The fourth-order valence-electron chi connectivity index (χ4n) is 5.53. The Morgan fingerprint density at radius 3 is 2.53 bits per heavy atom. The molecule has 2 unspecified atom stereocenters. The molecule has 2 saturated heterocycles. The standard InChI is InChI=1S/C25H20F5N7S/c1-33-24-35-20-13(23(36-24)37-8-10-2-3-11(9-37)34-10)6-15(25(28,29)30)18(19(20)27)12-4-5-16(26)21-17(12)14(7-31)22(32)38-21/h4-6,10-11,34H,2-3,8-9,32H2,1H3,(H,33,35,36). The van der Waals surface area contributed by atoms with Crippen molar-refractivity contribution < 1.29 is 22.0 Å². The third-order valence-corrected chi connectivity index (χ3v) is 8.18. The summed E-state index contributed by atoms with van der Waals surface area (Å²) in [7, 11) is 1.53. The molecule has 2 atom stereocenters. The molecule has 2 bridgehead atoms. The number of nitriles is 1. The van der Waals surface area contributed by atoms with Crippen LogP contribution in [0.3, 0.4) is 0 Å². The maximum atomic E-state index is 16.4. The number of nitrogens with one attached hydrogen (secondary N) is 2. The van der Waals surface area contributed by atoms with Crippen molar-refractivity contribution in [2.45, 2.75) is 31.1 Å². The summed E-state index contributed by atoms with van der Waals surface area (Å²) in [5.74, 6) is -1.76. The van der Waals surface area contributed by atoms with Crippen molar-refractivity contribution in [2.75, 3.05) is 36.1 Å². The Kier molecular flexibility index (Phi) is 5.59. The fraction of sp³-hybridized carbons (Fsp3) is 0.320. The van der Waals surface area contributed by atoms with Gasteiger partial charge in [0.25, 0.3) is 0 Å². The number of thiophene rings is 1. The third kappa shape index (κ3) is 3.70. The van der Waals surface area contributed by atoms with Crippen molar-refractivity contribution in [3.63, 3.8) is 0 Å². The Bertz CT molecular complexity index is 1650. The van der Waals surface area contributed by atoms with Gasteiger partial charge in [-0.15, -0.1) is 11.3 Å². The van der Waals surface area contributed by atoms with Crippen molar-refractivity contribution in [1.29, 1.82) is 5.26 Å². The predicted octanol–water partition coefficient (Wildman–Crippen LogP) is 5.24. The van der Waals surface area contributed by atoms with Crippen LogP contribution in [-0.4, -0.2) is 42.2 Å². The molecular weight excluding hydrogens is 525 g/mol. The molecule has 2 aromatic heterocycles. The number of piperazine rings is 1. The average Bonchev–Trinajstić information content (AvgIpc) is 3.41. The van der Waals surface area contributed by atoms with Crippen molar-refractivity contribution in [1.82, 2.24) is 15.3 Å². The second-order valence-electron chi connectivity index (χ2n) is 9.42. The average molecular weight is 546 g/mol. The summed E-state index contributed by atoms with van der Waals surface area (Å²) in [6.07, 6.45) is -3.12. The number of alkyl halides is 3. The van der Waals surface area contributed by atoms with Gasteiger partial charge in [0.1, 0.15) is 28.2 Å². The number of nitrogens with zero attached hydrogens (tertiary/aromatic N) is 4. The van der Waals surface area contributed by atoms with Crippen LogP contribution in [0.2, 0.25) is 0 Å². The highest BCUT2D eigenvalue weighted by atomic mass is 32.1. The summed E-state index contributed by atoms with van der Waals surface area (Å²) in [6.45, 7) is 1.02. The van der Waals surface area contributed by atoms with Crippen LogP contribution in [0.1, 0.15) is 24.0 Å². The van der Waals surface area contributed by atoms with Gasteiger partial charge in [-0.25, -0.2) is 13.8 Å². The number of anilines is 3. The van der Waals surface area contributed by atoms with Crippen LogP contribution in [0.4, 0.5) is 38.7 Å². The predicted molar refractivity (Wildman–Crippen MR) is 136 cm³/mol. The highest BCUT2D eigenvalue weighted by Crippen LogP contribution is 2.48. The first kappa shape index (κ1) is 24.6. The van der Waals surface area contributed by atoms with E-state index in [-0.39, 0.29) is 61.0 Å². The third-order valence-electron chi connectivity index (χ3n) is 7.16. The molecule has 4 N–H and O–H groups in total. The topological polar surface area (TPSA) is 103 Å². The Morgan fingerprint density at radius 1 is 1.18 bits per heavy atom. The second kappa shape index (κ2) is 8.64. The highest BCUT2D eigenvalue weighted by Gasteiger charge is 2.39. The van der Waals surface area contributed by atoms with Gasteiger partial charge < -0.3 is 21.3 Å². The molecule has 2 aromatic carbocycles. The van der Waals surface area contributed by atoms with Gasteiger partial charge in [0.2, 0.25) is 5.95 Å². The Balaban J connectivity index is 1.69. The van der Waals surface area contributed by atoms with E-state index >= 15 is 4.39 Å². The minimum atomic E-state index is -4.99. The molecule has 13 heteroatoms. The molecule has 2 fully saturated rings. The van der Waals surface area contributed by atoms with E-state index in [9.17, 15) is 22.8 Å². The van der Waals surface area contributed by atoms with E-state index in [1.807, 2.05) is 11.0 Å². The number of rotatable bonds is 3. The van der Waals surface area contributed by atoms with Crippen molar-refractivity contribution in [2.24, 2.45) is 0 Å². The molecule has 6 rings (SSSR count). The van der Waals surface area contributed by atoms with Gasteiger partial charge >= 0.3 is 6.18 Å². The lowest BCUT2D eigenvalue weighted by Gasteiger charge is -2.34. The summed E-state index contributed by atoms with van der Waals surface area (Å²) in [5.41, 5.74) is 2.97. The molecule has 0 aliphatic carbocycles. The first-order valence-corrected chi connectivity index (χ1v) is 12.6. The molecule has 4 heterocycles. The van der Waals surface area contributed by atoms with Crippen LogP contribution in [0, 0.1) is 23.0 Å².